The van der Waals surface area contributed by atoms with Crippen molar-refractivity contribution in [3.05, 3.63) is 35.4 Å². The summed E-state index contributed by atoms with van der Waals surface area (Å²) < 4.78 is 5.39. The van der Waals surface area contributed by atoms with E-state index in [-0.39, 0.29) is 23.7 Å². The smallest absolute Gasteiger partial charge is 0.251 e. The molecule has 0 aromatic heterocycles. The number of nitrogens with one attached hydrogen (secondary N) is 2. The molecule has 2 N–H and O–H groups in total. The summed E-state index contributed by atoms with van der Waals surface area (Å²) >= 11 is 0. The van der Waals surface area contributed by atoms with Gasteiger partial charge in [-0.05, 0) is 49.5 Å². The number of halogens is 1. The molecule has 1 aromatic rings. The number of hydrogen-bond acceptors (Lipinski definition) is 3. The number of hydrogen-bond donors (Lipinski definition) is 2. The number of carbonyl (C=O) groups is 1. The summed E-state index contributed by atoms with van der Waals surface area (Å²) in [6.45, 7) is 7.65. The van der Waals surface area contributed by atoms with E-state index in [2.05, 4.69) is 24.5 Å². The molecular weight excluding hydrogens is 312 g/mol. The molecule has 0 radical (unpaired) electrons. The van der Waals surface area contributed by atoms with Gasteiger partial charge in [-0.1, -0.05) is 26.0 Å². The summed E-state index contributed by atoms with van der Waals surface area (Å²) in [4.78, 5) is 12.3. The molecule has 0 saturated carbocycles. The van der Waals surface area contributed by atoms with Gasteiger partial charge < -0.3 is 15.4 Å². The fraction of sp³-hybridized carbons (Fsp3) is 0.611. The molecule has 2 rings (SSSR count). The standard InChI is InChI=1S/C18H28N2O2.ClH/c1-14(2)15-4-6-16(7-5-15)17(21)20-12-18(13-22-3)8-10-19-11-9-18;/h4-7,14,19H,8-13H2,1-3H3,(H,20,21);1H. The highest BCUT2D eigenvalue weighted by atomic mass is 35.5. The topological polar surface area (TPSA) is 50.4 Å². The molecule has 23 heavy (non-hydrogen) atoms. The van der Waals surface area contributed by atoms with Crippen LogP contribution in [0.5, 0.6) is 0 Å². The van der Waals surface area contributed by atoms with E-state index in [1.165, 1.54) is 5.56 Å². The Bertz CT molecular complexity index is 477. The van der Waals surface area contributed by atoms with Gasteiger partial charge in [0.05, 0.1) is 6.61 Å². The highest BCUT2D eigenvalue weighted by Crippen LogP contribution is 2.28. The predicted molar refractivity (Wildman–Crippen MR) is 96.5 cm³/mol. The minimum atomic E-state index is 0. The second-order valence-corrected chi connectivity index (χ2v) is 6.64. The maximum absolute atomic E-state index is 12.3. The second-order valence-electron chi connectivity index (χ2n) is 6.64. The van der Waals surface area contributed by atoms with E-state index >= 15 is 0 Å². The fourth-order valence-corrected chi connectivity index (χ4v) is 3.02. The van der Waals surface area contributed by atoms with E-state index in [1.54, 1.807) is 7.11 Å². The van der Waals surface area contributed by atoms with Gasteiger partial charge in [-0.15, -0.1) is 12.4 Å². The quantitative estimate of drug-likeness (QED) is 0.837. The lowest BCUT2D eigenvalue weighted by Crippen LogP contribution is -2.47. The molecule has 0 aliphatic carbocycles. The number of methoxy groups -OCH3 is 1. The van der Waals surface area contributed by atoms with Crippen LogP contribution in [0.3, 0.4) is 0 Å². The monoisotopic (exact) mass is 340 g/mol. The molecule has 1 aromatic carbocycles. The summed E-state index contributed by atoms with van der Waals surface area (Å²) in [5.74, 6) is 0.487. The minimum absolute atomic E-state index is 0. The average Bonchev–Trinajstić information content (AvgIpc) is 2.54. The Morgan fingerprint density at radius 1 is 1.26 bits per heavy atom. The molecule has 0 bridgehead atoms. The van der Waals surface area contributed by atoms with Gasteiger partial charge in [0, 0.05) is 24.6 Å². The molecule has 1 aliphatic heterocycles. The van der Waals surface area contributed by atoms with Gasteiger partial charge in [0.1, 0.15) is 0 Å². The molecule has 1 fully saturated rings. The van der Waals surface area contributed by atoms with Crippen molar-refractivity contribution in [2.45, 2.75) is 32.6 Å². The lowest BCUT2D eigenvalue weighted by Gasteiger charge is -2.37. The largest absolute Gasteiger partial charge is 0.384 e. The molecular formula is C18H29ClN2O2. The van der Waals surface area contributed by atoms with Crippen molar-refractivity contribution in [1.82, 2.24) is 10.6 Å². The van der Waals surface area contributed by atoms with Gasteiger partial charge in [0.2, 0.25) is 0 Å². The number of ether oxygens (including phenoxy) is 1. The number of rotatable bonds is 6. The van der Waals surface area contributed by atoms with E-state index in [4.69, 9.17) is 4.74 Å². The van der Waals surface area contributed by atoms with Crippen molar-refractivity contribution < 1.29 is 9.53 Å². The van der Waals surface area contributed by atoms with Crippen LogP contribution in [0.15, 0.2) is 24.3 Å². The maximum Gasteiger partial charge on any atom is 0.251 e. The van der Waals surface area contributed by atoms with Crippen LogP contribution in [-0.2, 0) is 4.74 Å². The van der Waals surface area contributed by atoms with E-state index in [9.17, 15) is 4.79 Å². The Labute approximate surface area is 145 Å². The van der Waals surface area contributed by atoms with E-state index in [0.717, 1.165) is 31.5 Å². The summed E-state index contributed by atoms with van der Waals surface area (Å²) in [6, 6.07) is 7.90. The fourth-order valence-electron chi connectivity index (χ4n) is 3.02. The Kier molecular flexibility index (Phi) is 8.03. The van der Waals surface area contributed by atoms with Crippen LogP contribution < -0.4 is 10.6 Å². The Morgan fingerprint density at radius 2 is 1.87 bits per heavy atom. The third-order valence-electron chi connectivity index (χ3n) is 4.58. The summed E-state index contributed by atoms with van der Waals surface area (Å²) in [6.07, 6.45) is 2.07. The normalized spacial score (nSPS) is 16.7. The second kappa shape index (κ2) is 9.26. The van der Waals surface area contributed by atoms with Crippen molar-refractivity contribution in [2.75, 3.05) is 33.4 Å². The maximum atomic E-state index is 12.3. The highest BCUT2D eigenvalue weighted by Gasteiger charge is 2.32. The Morgan fingerprint density at radius 3 is 2.39 bits per heavy atom. The lowest BCUT2D eigenvalue weighted by atomic mass is 9.79. The van der Waals surface area contributed by atoms with Crippen LogP contribution >= 0.6 is 12.4 Å². The molecule has 5 heteroatoms. The molecule has 0 atom stereocenters. The van der Waals surface area contributed by atoms with Gasteiger partial charge in [-0.2, -0.15) is 0 Å². The van der Waals surface area contributed by atoms with Gasteiger partial charge in [0.15, 0.2) is 0 Å². The van der Waals surface area contributed by atoms with Crippen LogP contribution in [0.25, 0.3) is 0 Å². The van der Waals surface area contributed by atoms with E-state index in [0.29, 0.717) is 19.1 Å². The molecule has 1 amide bonds. The number of piperidine rings is 1. The number of benzene rings is 1. The minimum Gasteiger partial charge on any atom is -0.384 e. The lowest BCUT2D eigenvalue weighted by molar-refractivity contribution is 0.0512. The van der Waals surface area contributed by atoms with Crippen molar-refractivity contribution in [2.24, 2.45) is 5.41 Å². The van der Waals surface area contributed by atoms with Crippen LogP contribution in [-0.4, -0.2) is 39.3 Å². The third kappa shape index (κ3) is 5.48. The van der Waals surface area contributed by atoms with Crippen molar-refractivity contribution in [1.29, 1.82) is 0 Å². The van der Waals surface area contributed by atoms with Crippen molar-refractivity contribution in [3.8, 4) is 0 Å². The zero-order valence-electron chi connectivity index (χ0n) is 14.4. The van der Waals surface area contributed by atoms with Crippen molar-refractivity contribution in [3.63, 3.8) is 0 Å². The molecule has 4 nitrogen and oxygen atoms in total. The van der Waals surface area contributed by atoms with Crippen LogP contribution in [0.4, 0.5) is 0 Å². The first kappa shape index (κ1) is 19.9. The molecule has 1 aliphatic rings. The van der Waals surface area contributed by atoms with Crippen molar-refractivity contribution >= 4 is 18.3 Å². The first-order chi connectivity index (χ1) is 10.6. The Hall–Kier alpha value is -1.10. The molecule has 1 heterocycles. The first-order valence-electron chi connectivity index (χ1n) is 8.14. The zero-order valence-corrected chi connectivity index (χ0v) is 15.2. The SMILES string of the molecule is COCC1(CNC(=O)c2ccc(C(C)C)cc2)CCNCC1.Cl. The van der Waals surface area contributed by atoms with Crippen LogP contribution in [0.1, 0.15) is 48.5 Å². The summed E-state index contributed by atoms with van der Waals surface area (Å²) in [5, 5.41) is 6.46. The first-order valence-corrected chi connectivity index (χ1v) is 8.14. The molecule has 0 unspecified atom stereocenters. The highest BCUT2D eigenvalue weighted by molar-refractivity contribution is 5.94. The van der Waals surface area contributed by atoms with Gasteiger partial charge >= 0.3 is 0 Å². The van der Waals surface area contributed by atoms with Gasteiger partial charge in [0.25, 0.3) is 5.91 Å². The third-order valence-corrected chi connectivity index (χ3v) is 4.58. The van der Waals surface area contributed by atoms with Gasteiger partial charge in [-0.3, -0.25) is 4.79 Å². The predicted octanol–water partition coefficient (Wildman–Crippen LogP) is 2.98. The zero-order chi connectivity index (χ0) is 16.0. The van der Waals surface area contributed by atoms with Crippen LogP contribution in [0.2, 0.25) is 0 Å². The molecule has 1 saturated heterocycles. The number of carbonyl (C=O) groups excluding carboxylic acids is 1. The summed E-state index contributed by atoms with van der Waals surface area (Å²) in [7, 11) is 1.73. The van der Waals surface area contributed by atoms with Gasteiger partial charge in [-0.25, -0.2) is 0 Å². The number of amides is 1. The Balaban J connectivity index is 0.00000264. The summed E-state index contributed by atoms with van der Waals surface area (Å²) in [5.41, 5.74) is 2.05. The van der Waals surface area contributed by atoms with E-state index < -0.39 is 0 Å². The molecule has 0 spiro atoms. The average molecular weight is 341 g/mol. The molecule has 130 valence electrons. The van der Waals surface area contributed by atoms with E-state index in [1.807, 2.05) is 24.3 Å². The van der Waals surface area contributed by atoms with Crippen LogP contribution in [0, 0.1) is 5.41 Å².